The number of halogens is 1. The summed E-state index contributed by atoms with van der Waals surface area (Å²) < 4.78 is 7.83. The van der Waals surface area contributed by atoms with Gasteiger partial charge in [-0.15, -0.1) is 11.3 Å². The molecule has 0 aliphatic carbocycles. The molecule has 1 atom stereocenters. The van der Waals surface area contributed by atoms with Crippen LogP contribution in [0, 0.1) is 11.3 Å². The number of hydrogen-bond donors (Lipinski definition) is 0. The van der Waals surface area contributed by atoms with Gasteiger partial charge in [-0.25, -0.2) is 4.79 Å². The zero-order chi connectivity index (χ0) is 18.1. The van der Waals surface area contributed by atoms with Gasteiger partial charge in [0.2, 0.25) is 6.10 Å². The van der Waals surface area contributed by atoms with Gasteiger partial charge in [0.1, 0.15) is 18.4 Å². The minimum Gasteiger partial charge on any atom is -0.458 e. The Morgan fingerprint density at radius 3 is 3.12 bits per heavy atom. The Labute approximate surface area is 157 Å². The van der Waals surface area contributed by atoms with Crippen LogP contribution in [0.3, 0.4) is 0 Å². The Morgan fingerprint density at radius 2 is 2.35 bits per heavy atom. The maximum atomic E-state index is 12.3. The highest BCUT2D eigenvalue weighted by molar-refractivity contribution is 7.18. The van der Waals surface area contributed by atoms with E-state index in [4.69, 9.17) is 21.2 Å². The van der Waals surface area contributed by atoms with Crippen LogP contribution in [0.2, 0.25) is 4.34 Å². The van der Waals surface area contributed by atoms with Crippen LogP contribution in [0.5, 0.6) is 0 Å². The Kier molecular flexibility index (Phi) is 4.37. The lowest BCUT2D eigenvalue weighted by atomic mass is 10.1. The van der Waals surface area contributed by atoms with Gasteiger partial charge in [0, 0.05) is 24.4 Å². The first-order chi connectivity index (χ1) is 12.7. The Morgan fingerprint density at radius 1 is 1.46 bits per heavy atom. The van der Waals surface area contributed by atoms with Crippen molar-refractivity contribution in [3.63, 3.8) is 0 Å². The molecule has 1 aliphatic heterocycles. The summed E-state index contributed by atoms with van der Waals surface area (Å²) in [7, 11) is 0. The van der Waals surface area contributed by atoms with Gasteiger partial charge in [-0.2, -0.15) is 5.26 Å². The van der Waals surface area contributed by atoms with Crippen molar-refractivity contribution < 1.29 is 14.4 Å². The quantitative estimate of drug-likeness (QED) is 0.641. The normalized spacial score (nSPS) is 16.2. The zero-order valence-electron chi connectivity index (χ0n) is 13.4. The molecule has 0 aromatic carbocycles. The molecule has 4 heterocycles. The van der Waals surface area contributed by atoms with Gasteiger partial charge in [-0.1, -0.05) is 22.8 Å². The average molecular weight is 386 g/mol. The number of fused-ring (bicyclic) bond motifs is 1. The van der Waals surface area contributed by atoms with Crippen LogP contribution in [-0.4, -0.2) is 22.2 Å². The highest BCUT2D eigenvalue weighted by atomic mass is 35.5. The second-order valence-electron chi connectivity index (χ2n) is 5.68. The fourth-order valence-corrected chi connectivity index (χ4v) is 3.81. The fourth-order valence-electron chi connectivity index (χ4n) is 2.78. The highest BCUT2D eigenvalue weighted by Gasteiger charge is 2.31. The van der Waals surface area contributed by atoms with Gasteiger partial charge in [0.05, 0.1) is 20.3 Å². The minimum atomic E-state index is -0.784. The molecule has 26 heavy (non-hydrogen) atoms. The number of nitriles is 1. The molecular weight excluding hydrogens is 374 g/mol. The van der Waals surface area contributed by atoms with E-state index in [0.29, 0.717) is 27.6 Å². The number of oxime groups is 1. The van der Waals surface area contributed by atoms with Crippen LogP contribution in [0.4, 0.5) is 0 Å². The summed E-state index contributed by atoms with van der Waals surface area (Å²) >= 11 is 7.30. The van der Waals surface area contributed by atoms with Crippen LogP contribution in [0.25, 0.3) is 5.52 Å². The maximum absolute atomic E-state index is 12.3. The van der Waals surface area contributed by atoms with Gasteiger partial charge in [-0.3, -0.25) is 0 Å². The molecule has 0 radical (unpaired) electrons. The van der Waals surface area contributed by atoms with Crippen LogP contribution in [0.1, 0.15) is 22.4 Å². The molecule has 0 bridgehead atoms. The maximum Gasteiger partial charge on any atom is 0.350 e. The van der Waals surface area contributed by atoms with Gasteiger partial charge in [0.25, 0.3) is 0 Å². The molecule has 0 saturated heterocycles. The molecule has 130 valence electrons. The van der Waals surface area contributed by atoms with E-state index >= 15 is 0 Å². The Bertz CT molecular complexity index is 1060. The second kappa shape index (κ2) is 6.83. The summed E-state index contributed by atoms with van der Waals surface area (Å²) in [5.74, 6) is -0.509. The van der Waals surface area contributed by atoms with Crippen molar-refractivity contribution in [3.05, 3.63) is 63.1 Å². The summed E-state index contributed by atoms with van der Waals surface area (Å²) in [6.45, 7) is 0.00340. The summed E-state index contributed by atoms with van der Waals surface area (Å²) in [5, 5.41) is 13.3. The first-order valence-electron chi connectivity index (χ1n) is 7.79. The standard InChI is InChI=1S/C18H12ClN3O3S/c19-17-5-4-16(26-17)13-7-15(25-21-13)18(23)24-10-11-9-22-6-2-1-3-14(22)12(11)8-20/h1-6,9,15H,7,10H2. The molecule has 1 unspecified atom stereocenters. The van der Waals surface area contributed by atoms with Crippen LogP contribution in [-0.2, 0) is 21.0 Å². The summed E-state index contributed by atoms with van der Waals surface area (Å²) in [6, 6.07) is 11.3. The van der Waals surface area contributed by atoms with Crippen molar-refractivity contribution in [1.29, 1.82) is 5.26 Å². The lowest BCUT2D eigenvalue weighted by Gasteiger charge is -2.08. The smallest absolute Gasteiger partial charge is 0.350 e. The minimum absolute atomic E-state index is 0.00340. The van der Waals surface area contributed by atoms with Crippen molar-refractivity contribution in [2.45, 2.75) is 19.1 Å². The van der Waals surface area contributed by atoms with Crippen molar-refractivity contribution >= 4 is 40.1 Å². The largest absolute Gasteiger partial charge is 0.458 e. The molecule has 0 N–H and O–H groups in total. The average Bonchev–Trinajstić information content (AvgIpc) is 3.36. The van der Waals surface area contributed by atoms with E-state index in [0.717, 1.165) is 10.4 Å². The number of thiophene rings is 1. The lowest BCUT2D eigenvalue weighted by molar-refractivity contribution is -0.156. The summed E-state index contributed by atoms with van der Waals surface area (Å²) in [6.07, 6.45) is 3.17. The van der Waals surface area contributed by atoms with E-state index in [1.807, 2.05) is 34.9 Å². The summed E-state index contributed by atoms with van der Waals surface area (Å²) in [5.41, 5.74) is 2.60. The molecule has 8 heteroatoms. The van der Waals surface area contributed by atoms with Crippen LogP contribution >= 0.6 is 22.9 Å². The van der Waals surface area contributed by atoms with E-state index < -0.39 is 12.1 Å². The number of pyridine rings is 1. The number of esters is 1. The zero-order valence-corrected chi connectivity index (χ0v) is 15.0. The van der Waals surface area contributed by atoms with Gasteiger partial charge >= 0.3 is 5.97 Å². The van der Waals surface area contributed by atoms with Gasteiger partial charge < -0.3 is 14.0 Å². The molecule has 4 rings (SSSR count). The Balaban J connectivity index is 1.42. The molecular formula is C18H12ClN3O3S. The number of carbonyl (C=O) groups is 1. The van der Waals surface area contributed by atoms with E-state index in [2.05, 4.69) is 11.2 Å². The van der Waals surface area contributed by atoms with Gasteiger partial charge in [-0.05, 0) is 24.3 Å². The molecule has 3 aromatic rings. The predicted octanol–water partition coefficient (Wildman–Crippen LogP) is 3.76. The third-order valence-electron chi connectivity index (χ3n) is 4.03. The molecule has 0 fully saturated rings. The first kappa shape index (κ1) is 16.6. The van der Waals surface area contributed by atoms with E-state index in [9.17, 15) is 10.1 Å². The van der Waals surface area contributed by atoms with Crippen molar-refractivity contribution in [2.75, 3.05) is 0 Å². The van der Waals surface area contributed by atoms with E-state index in [1.54, 1.807) is 12.3 Å². The van der Waals surface area contributed by atoms with E-state index in [-0.39, 0.29) is 6.61 Å². The topological polar surface area (TPSA) is 76.1 Å². The van der Waals surface area contributed by atoms with Crippen LogP contribution < -0.4 is 0 Å². The number of nitrogens with zero attached hydrogens (tertiary/aromatic N) is 3. The van der Waals surface area contributed by atoms with Crippen molar-refractivity contribution in [2.24, 2.45) is 5.16 Å². The monoisotopic (exact) mass is 385 g/mol. The summed E-state index contributed by atoms with van der Waals surface area (Å²) in [4.78, 5) is 18.4. The highest BCUT2D eigenvalue weighted by Crippen LogP contribution is 2.27. The number of rotatable bonds is 4. The number of carbonyl (C=O) groups excluding carboxylic acids is 1. The number of aromatic nitrogens is 1. The molecule has 0 amide bonds. The van der Waals surface area contributed by atoms with Crippen LogP contribution in [0.15, 0.2) is 47.9 Å². The second-order valence-corrected chi connectivity index (χ2v) is 7.40. The fraction of sp³-hybridized carbons (Fsp3) is 0.167. The van der Waals surface area contributed by atoms with Crippen molar-refractivity contribution in [3.8, 4) is 6.07 Å². The Hall–Kier alpha value is -2.82. The third kappa shape index (κ3) is 3.05. The number of hydrogen-bond acceptors (Lipinski definition) is 6. The predicted molar refractivity (Wildman–Crippen MR) is 97.3 cm³/mol. The molecule has 0 saturated carbocycles. The molecule has 6 nitrogen and oxygen atoms in total. The van der Waals surface area contributed by atoms with E-state index in [1.165, 1.54) is 11.3 Å². The SMILES string of the molecule is N#Cc1c(COC(=O)C2CC(c3ccc(Cl)s3)=NO2)cn2ccccc12. The third-order valence-corrected chi connectivity index (χ3v) is 5.31. The molecule has 0 spiro atoms. The van der Waals surface area contributed by atoms with Crippen molar-refractivity contribution in [1.82, 2.24) is 4.40 Å². The molecule has 3 aromatic heterocycles. The number of ether oxygens (including phenoxy) is 1. The van der Waals surface area contributed by atoms with Gasteiger partial charge in [0.15, 0.2) is 0 Å². The first-order valence-corrected chi connectivity index (χ1v) is 8.99. The lowest BCUT2D eigenvalue weighted by Crippen LogP contribution is -2.23. The molecule has 1 aliphatic rings.